The Hall–Kier alpha value is -1.36. The third kappa shape index (κ3) is 3.39. The second-order valence-electron chi connectivity index (χ2n) is 5.62. The van der Waals surface area contributed by atoms with Gasteiger partial charge in [-0.2, -0.15) is 0 Å². The molecule has 0 saturated heterocycles. The van der Waals surface area contributed by atoms with Gasteiger partial charge < -0.3 is 14.9 Å². The van der Waals surface area contributed by atoms with Crippen LogP contribution in [0.2, 0.25) is 0 Å². The van der Waals surface area contributed by atoms with Gasteiger partial charge in [0.1, 0.15) is 5.76 Å². The first-order chi connectivity index (χ1) is 9.58. The minimum absolute atomic E-state index is 0.0975. The molecule has 2 N–H and O–H groups in total. The molecule has 0 spiro atoms. The highest BCUT2D eigenvalue weighted by molar-refractivity contribution is 5.77. The summed E-state index contributed by atoms with van der Waals surface area (Å²) in [6.07, 6.45) is 5.23. The second-order valence-corrected chi connectivity index (χ2v) is 5.62. The normalized spacial score (nSPS) is 17.4. The van der Waals surface area contributed by atoms with Crippen molar-refractivity contribution in [2.24, 2.45) is 0 Å². The lowest BCUT2D eigenvalue weighted by Crippen LogP contribution is -2.34. The summed E-state index contributed by atoms with van der Waals surface area (Å²) in [5.41, 5.74) is 1.10. The first-order valence-electron chi connectivity index (χ1n) is 7.53. The van der Waals surface area contributed by atoms with Crippen molar-refractivity contribution in [2.75, 3.05) is 0 Å². The summed E-state index contributed by atoms with van der Waals surface area (Å²) < 4.78 is 5.27. The summed E-state index contributed by atoms with van der Waals surface area (Å²) in [5.74, 6) is 0.737. The molecule has 5 nitrogen and oxygen atoms in total. The van der Waals surface area contributed by atoms with Crippen LogP contribution in [0.15, 0.2) is 4.52 Å². The van der Waals surface area contributed by atoms with Crippen LogP contribution >= 0.6 is 0 Å². The van der Waals surface area contributed by atoms with Gasteiger partial charge in [0.25, 0.3) is 0 Å². The van der Waals surface area contributed by atoms with Crippen molar-refractivity contribution >= 4 is 5.91 Å². The van der Waals surface area contributed by atoms with E-state index in [4.69, 9.17) is 4.52 Å². The number of amides is 1. The molecule has 1 aromatic heterocycles. The first kappa shape index (κ1) is 15.0. The Morgan fingerprint density at radius 2 is 2.05 bits per heavy atom. The molecule has 0 radical (unpaired) electrons. The molecule has 20 heavy (non-hydrogen) atoms. The lowest BCUT2D eigenvalue weighted by Gasteiger charge is -2.21. The average Bonchev–Trinajstić information content (AvgIpc) is 3.02. The van der Waals surface area contributed by atoms with Crippen molar-refractivity contribution in [2.45, 2.75) is 70.9 Å². The van der Waals surface area contributed by atoms with Gasteiger partial charge in [0.15, 0.2) is 0 Å². The van der Waals surface area contributed by atoms with Crippen LogP contribution in [0.5, 0.6) is 0 Å². The van der Waals surface area contributed by atoms with Crippen LogP contribution in [-0.4, -0.2) is 21.8 Å². The minimum Gasteiger partial charge on any atom is -0.389 e. The predicted octanol–water partition coefficient (Wildman–Crippen LogP) is 2.11. The molecular formula is C15H24N2O3. The number of carbonyl (C=O) groups is 1. The first-order valence-corrected chi connectivity index (χ1v) is 7.53. The molecule has 1 fully saturated rings. The summed E-state index contributed by atoms with van der Waals surface area (Å²) in [7, 11) is 0. The monoisotopic (exact) mass is 280 g/mol. The molecule has 0 atom stereocenters. The zero-order valence-electron chi connectivity index (χ0n) is 12.4. The van der Waals surface area contributed by atoms with Gasteiger partial charge in [0.05, 0.1) is 17.7 Å². The van der Waals surface area contributed by atoms with Crippen molar-refractivity contribution in [1.29, 1.82) is 0 Å². The van der Waals surface area contributed by atoms with E-state index in [1.165, 1.54) is 0 Å². The highest BCUT2D eigenvalue weighted by atomic mass is 16.5. The quantitative estimate of drug-likeness (QED) is 0.837. The van der Waals surface area contributed by atoms with Gasteiger partial charge in [-0.1, -0.05) is 31.8 Å². The number of nitrogens with zero attached hydrogens (tertiary/aromatic N) is 1. The molecule has 5 heteroatoms. The highest BCUT2D eigenvalue weighted by Gasteiger charge is 2.33. The number of carbonyl (C=O) groups excluding carboxylic acids is 1. The number of nitrogens with one attached hydrogen (secondary N) is 1. The molecular weight excluding hydrogens is 256 g/mol. The van der Waals surface area contributed by atoms with Crippen LogP contribution in [-0.2, 0) is 24.2 Å². The van der Waals surface area contributed by atoms with Crippen LogP contribution in [0.1, 0.15) is 63.0 Å². The van der Waals surface area contributed by atoms with E-state index in [-0.39, 0.29) is 12.3 Å². The van der Waals surface area contributed by atoms with E-state index in [0.29, 0.717) is 6.54 Å². The summed E-state index contributed by atoms with van der Waals surface area (Å²) >= 11 is 0. The molecule has 1 saturated carbocycles. The van der Waals surface area contributed by atoms with Crippen LogP contribution in [0, 0.1) is 0 Å². The van der Waals surface area contributed by atoms with E-state index in [1.54, 1.807) is 0 Å². The van der Waals surface area contributed by atoms with Crippen molar-refractivity contribution in [3.05, 3.63) is 17.0 Å². The lowest BCUT2D eigenvalue weighted by atomic mass is 9.97. The Bertz CT molecular complexity index is 440. The number of aryl methyl sites for hydroxylation is 2. The number of aliphatic hydroxyl groups is 1. The Kier molecular flexibility index (Phi) is 4.81. The second kappa shape index (κ2) is 6.39. The van der Waals surface area contributed by atoms with E-state index in [2.05, 4.69) is 10.5 Å². The number of rotatable bonds is 6. The van der Waals surface area contributed by atoms with Gasteiger partial charge in [0, 0.05) is 18.5 Å². The van der Waals surface area contributed by atoms with E-state index < -0.39 is 5.60 Å². The van der Waals surface area contributed by atoms with E-state index in [1.807, 2.05) is 13.8 Å². The summed E-state index contributed by atoms with van der Waals surface area (Å²) in [5, 5.41) is 17.1. The van der Waals surface area contributed by atoms with Crippen molar-refractivity contribution in [1.82, 2.24) is 10.5 Å². The van der Waals surface area contributed by atoms with Gasteiger partial charge in [0.2, 0.25) is 5.91 Å². The molecule has 1 aliphatic rings. The van der Waals surface area contributed by atoms with Gasteiger partial charge in [-0.25, -0.2) is 0 Å². The fraction of sp³-hybridized carbons (Fsp3) is 0.733. The lowest BCUT2D eigenvalue weighted by molar-refractivity contribution is -0.126. The fourth-order valence-electron chi connectivity index (χ4n) is 2.90. The third-order valence-corrected chi connectivity index (χ3v) is 4.09. The highest BCUT2D eigenvalue weighted by Crippen LogP contribution is 2.32. The predicted molar refractivity (Wildman–Crippen MR) is 75.1 cm³/mol. The SMILES string of the molecule is CCc1noc(CC)c1CNC(=O)CC1(O)CCCC1. The molecule has 0 bridgehead atoms. The Labute approximate surface area is 119 Å². The van der Waals surface area contributed by atoms with Crippen molar-refractivity contribution in [3.8, 4) is 0 Å². The van der Waals surface area contributed by atoms with Gasteiger partial charge in [-0.05, 0) is 19.3 Å². The number of aromatic nitrogens is 1. The summed E-state index contributed by atoms with van der Waals surface area (Å²) in [4.78, 5) is 12.0. The van der Waals surface area contributed by atoms with E-state index in [0.717, 1.165) is 55.5 Å². The summed E-state index contributed by atoms with van der Waals surface area (Å²) in [6.45, 7) is 4.46. The molecule has 1 amide bonds. The maximum absolute atomic E-state index is 12.0. The zero-order chi connectivity index (χ0) is 14.6. The van der Waals surface area contributed by atoms with Crippen LogP contribution in [0.25, 0.3) is 0 Å². The average molecular weight is 280 g/mol. The maximum atomic E-state index is 12.0. The molecule has 2 rings (SSSR count). The fourth-order valence-corrected chi connectivity index (χ4v) is 2.90. The standard InChI is InChI=1S/C15H24N2O3/c1-3-12-11(13(4-2)20-17-12)10-16-14(18)9-15(19)7-5-6-8-15/h19H,3-10H2,1-2H3,(H,16,18). The molecule has 112 valence electrons. The van der Waals surface area contributed by atoms with Crippen molar-refractivity contribution in [3.63, 3.8) is 0 Å². The maximum Gasteiger partial charge on any atom is 0.223 e. The third-order valence-electron chi connectivity index (χ3n) is 4.09. The van der Waals surface area contributed by atoms with E-state index >= 15 is 0 Å². The summed E-state index contributed by atoms with van der Waals surface area (Å²) in [6, 6.07) is 0. The minimum atomic E-state index is -0.792. The molecule has 1 aliphatic carbocycles. The number of hydrogen-bond donors (Lipinski definition) is 2. The number of hydrogen-bond acceptors (Lipinski definition) is 4. The van der Waals surface area contributed by atoms with Gasteiger partial charge in [-0.15, -0.1) is 0 Å². The van der Waals surface area contributed by atoms with Gasteiger partial charge >= 0.3 is 0 Å². The topological polar surface area (TPSA) is 75.4 Å². The molecule has 0 aliphatic heterocycles. The largest absolute Gasteiger partial charge is 0.389 e. The van der Waals surface area contributed by atoms with Crippen LogP contribution in [0.3, 0.4) is 0 Å². The molecule has 0 unspecified atom stereocenters. The Morgan fingerprint density at radius 3 is 2.65 bits per heavy atom. The van der Waals surface area contributed by atoms with Crippen LogP contribution in [0.4, 0.5) is 0 Å². The molecule has 0 aromatic carbocycles. The van der Waals surface area contributed by atoms with Gasteiger partial charge in [-0.3, -0.25) is 4.79 Å². The van der Waals surface area contributed by atoms with E-state index in [9.17, 15) is 9.90 Å². The Balaban J connectivity index is 1.91. The van der Waals surface area contributed by atoms with Crippen molar-refractivity contribution < 1.29 is 14.4 Å². The zero-order valence-corrected chi connectivity index (χ0v) is 12.4. The smallest absolute Gasteiger partial charge is 0.223 e. The molecule has 1 heterocycles. The Morgan fingerprint density at radius 1 is 1.35 bits per heavy atom. The van der Waals surface area contributed by atoms with Crippen LogP contribution < -0.4 is 5.32 Å². The molecule has 1 aromatic rings.